The normalized spacial score (nSPS) is 21.2. The molecule has 2 aromatic rings. The zero-order chi connectivity index (χ0) is 22.1. The highest BCUT2D eigenvalue weighted by molar-refractivity contribution is 7.14. The second-order valence-electron chi connectivity index (χ2n) is 6.66. The smallest absolute Gasteiger partial charge is 0.396 e. The Kier molecular flexibility index (Phi) is 6.52. The van der Waals surface area contributed by atoms with Crippen molar-refractivity contribution in [2.75, 3.05) is 17.7 Å². The summed E-state index contributed by atoms with van der Waals surface area (Å²) >= 11 is 6.73. The quantitative estimate of drug-likeness (QED) is 0.314. The van der Waals surface area contributed by atoms with E-state index < -0.39 is 22.9 Å². The van der Waals surface area contributed by atoms with Gasteiger partial charge in [-0.05, 0) is 25.0 Å². The fraction of sp³-hybridized carbons (Fsp3) is 0.389. The van der Waals surface area contributed by atoms with Crippen molar-refractivity contribution in [3.8, 4) is 11.8 Å². The molecule has 0 aromatic carbocycles. The van der Waals surface area contributed by atoms with Crippen LogP contribution in [-0.4, -0.2) is 50.9 Å². The average Bonchev–Trinajstić information content (AvgIpc) is 3.25. The van der Waals surface area contributed by atoms with Gasteiger partial charge in [-0.3, -0.25) is 4.79 Å². The van der Waals surface area contributed by atoms with Crippen LogP contribution in [-0.2, 0) is 0 Å². The largest absolute Gasteiger partial charge is 0.455 e. The first-order valence-corrected chi connectivity index (χ1v) is 9.89. The molecule has 30 heavy (non-hydrogen) atoms. The Labute approximate surface area is 178 Å². The number of aliphatic hydroxyl groups excluding tert-OH is 2. The number of halogens is 4. The van der Waals surface area contributed by atoms with Crippen LogP contribution in [0.4, 0.5) is 24.9 Å². The molecule has 5 N–H and O–H groups in total. The van der Waals surface area contributed by atoms with Gasteiger partial charge >= 0.3 is 6.18 Å². The van der Waals surface area contributed by atoms with Crippen molar-refractivity contribution in [2.24, 2.45) is 5.92 Å². The number of nitrogen functional groups attached to an aromatic ring is 1. The van der Waals surface area contributed by atoms with Crippen molar-refractivity contribution >= 4 is 40.5 Å². The molecule has 1 saturated carbocycles. The molecule has 0 amide bonds. The van der Waals surface area contributed by atoms with Gasteiger partial charge in [-0.15, -0.1) is 11.3 Å². The summed E-state index contributed by atoms with van der Waals surface area (Å²) in [7, 11) is 0. The van der Waals surface area contributed by atoms with E-state index in [-0.39, 0.29) is 45.9 Å². The molecule has 0 radical (unpaired) electrons. The third kappa shape index (κ3) is 5.02. The number of aromatic nitrogens is 2. The number of carbonyl (C=O) groups is 1. The second-order valence-corrected chi connectivity index (χ2v) is 8.10. The van der Waals surface area contributed by atoms with Gasteiger partial charge in [0, 0.05) is 18.6 Å². The standard InChI is InChI=1S/C18H16ClF3N4O3S/c19-15-11(3-1-10-2-4-13(30-10)14(29)18(20,21)22)16(26-17(23)25-15)24-9-5-8(7-27)12(28)6-9/h2,4,8-9,12,27-28H,5-7H2,(H3,23,24,25,26)/t8-,9-,12+/m1/s1. The van der Waals surface area contributed by atoms with Crippen LogP contribution >= 0.6 is 22.9 Å². The van der Waals surface area contributed by atoms with Gasteiger partial charge < -0.3 is 21.3 Å². The van der Waals surface area contributed by atoms with Crippen molar-refractivity contribution in [2.45, 2.75) is 31.2 Å². The molecular weight excluding hydrogens is 445 g/mol. The molecule has 0 bridgehead atoms. The van der Waals surface area contributed by atoms with Crippen LogP contribution in [0, 0.1) is 17.8 Å². The number of Topliss-reactive ketones (excluding diaryl/α,β-unsaturated/α-hetero) is 1. The summed E-state index contributed by atoms with van der Waals surface area (Å²) in [6, 6.07) is 2.13. The number of nitrogens with one attached hydrogen (secondary N) is 1. The number of alkyl halides is 3. The Hall–Kier alpha value is -2.39. The third-order valence-corrected chi connectivity index (χ3v) is 5.79. The van der Waals surface area contributed by atoms with Gasteiger partial charge in [0.05, 0.1) is 15.9 Å². The van der Waals surface area contributed by atoms with Crippen LogP contribution in [0.3, 0.4) is 0 Å². The van der Waals surface area contributed by atoms with Crippen molar-refractivity contribution < 1.29 is 28.2 Å². The first kappa shape index (κ1) is 22.3. The number of hydrogen-bond acceptors (Lipinski definition) is 8. The molecule has 0 saturated heterocycles. The molecular formula is C18H16ClF3N4O3S. The first-order chi connectivity index (χ1) is 14.1. The summed E-state index contributed by atoms with van der Waals surface area (Å²) in [5, 5.41) is 22.3. The summed E-state index contributed by atoms with van der Waals surface area (Å²) < 4.78 is 37.6. The molecule has 0 aliphatic heterocycles. The van der Waals surface area contributed by atoms with Crippen molar-refractivity contribution in [3.63, 3.8) is 0 Å². The van der Waals surface area contributed by atoms with Crippen LogP contribution in [0.15, 0.2) is 12.1 Å². The van der Waals surface area contributed by atoms with Gasteiger partial charge in [0.25, 0.3) is 5.78 Å². The van der Waals surface area contributed by atoms with Gasteiger partial charge in [0.2, 0.25) is 5.95 Å². The Morgan fingerprint density at radius 1 is 1.33 bits per heavy atom. The number of anilines is 2. The number of nitrogens with zero attached hydrogens (tertiary/aromatic N) is 2. The lowest BCUT2D eigenvalue weighted by Crippen LogP contribution is -2.21. The molecule has 12 heteroatoms. The summed E-state index contributed by atoms with van der Waals surface area (Å²) in [5.74, 6) is 3.25. The molecule has 0 spiro atoms. The van der Waals surface area contributed by atoms with Crippen LogP contribution in [0.2, 0.25) is 5.15 Å². The lowest BCUT2D eigenvalue weighted by atomic mass is 10.1. The van der Waals surface area contributed by atoms with Crippen LogP contribution in [0.5, 0.6) is 0 Å². The fourth-order valence-corrected chi connectivity index (χ4v) is 4.11. The molecule has 2 heterocycles. The third-order valence-electron chi connectivity index (χ3n) is 4.51. The predicted molar refractivity (Wildman–Crippen MR) is 105 cm³/mol. The summed E-state index contributed by atoms with van der Waals surface area (Å²) in [6.45, 7) is -0.157. The summed E-state index contributed by atoms with van der Waals surface area (Å²) in [4.78, 5) is 19.0. The minimum absolute atomic E-state index is 0.0575. The van der Waals surface area contributed by atoms with E-state index in [0.29, 0.717) is 24.2 Å². The first-order valence-electron chi connectivity index (χ1n) is 8.70. The maximum Gasteiger partial charge on any atom is 0.455 e. The minimum Gasteiger partial charge on any atom is -0.396 e. The predicted octanol–water partition coefficient (Wildman–Crippen LogP) is 2.46. The van der Waals surface area contributed by atoms with Crippen LogP contribution in [0.25, 0.3) is 0 Å². The number of nitrogens with two attached hydrogens (primary N) is 1. The SMILES string of the molecule is Nc1nc(Cl)c(C#Cc2ccc(C(=O)C(F)(F)F)s2)c(N[C@@H]2C[C@H](CO)[C@@H](O)C2)n1. The van der Waals surface area contributed by atoms with Crippen LogP contribution in [0.1, 0.15) is 33.0 Å². The number of aliphatic hydroxyl groups is 2. The van der Waals surface area contributed by atoms with Gasteiger partial charge in [0.1, 0.15) is 11.4 Å². The van der Waals surface area contributed by atoms with E-state index in [1.165, 1.54) is 6.07 Å². The summed E-state index contributed by atoms with van der Waals surface area (Å²) in [5.41, 5.74) is 5.81. The maximum absolute atomic E-state index is 12.5. The molecule has 1 aliphatic carbocycles. The maximum atomic E-state index is 12.5. The number of thiophene rings is 1. The van der Waals surface area contributed by atoms with Gasteiger partial charge in [-0.25, -0.2) is 0 Å². The number of ketones is 1. The molecule has 160 valence electrons. The molecule has 3 atom stereocenters. The van der Waals surface area contributed by atoms with Gasteiger partial charge in [-0.2, -0.15) is 23.1 Å². The Morgan fingerprint density at radius 3 is 2.70 bits per heavy atom. The highest BCUT2D eigenvalue weighted by atomic mass is 35.5. The Balaban J connectivity index is 1.86. The Bertz CT molecular complexity index is 1020. The van der Waals surface area contributed by atoms with Crippen molar-refractivity contribution in [1.82, 2.24) is 9.97 Å². The van der Waals surface area contributed by atoms with Crippen molar-refractivity contribution in [3.05, 3.63) is 32.6 Å². The van der Waals surface area contributed by atoms with E-state index in [2.05, 4.69) is 27.1 Å². The van der Waals surface area contributed by atoms with E-state index in [0.717, 1.165) is 6.07 Å². The molecule has 2 aromatic heterocycles. The lowest BCUT2D eigenvalue weighted by molar-refractivity contribution is -0.0882. The molecule has 0 unspecified atom stereocenters. The van der Waals surface area contributed by atoms with Gasteiger partial charge in [-0.1, -0.05) is 23.4 Å². The number of rotatable bonds is 4. The molecule has 3 rings (SSSR count). The van der Waals surface area contributed by atoms with E-state index in [4.69, 9.17) is 17.3 Å². The highest BCUT2D eigenvalue weighted by Gasteiger charge is 2.40. The van der Waals surface area contributed by atoms with E-state index in [9.17, 15) is 28.2 Å². The number of hydrogen-bond donors (Lipinski definition) is 4. The molecule has 1 aliphatic rings. The average molecular weight is 461 g/mol. The van der Waals surface area contributed by atoms with Crippen molar-refractivity contribution in [1.29, 1.82) is 0 Å². The zero-order valence-corrected chi connectivity index (χ0v) is 16.8. The van der Waals surface area contributed by atoms with Gasteiger partial charge in [0.15, 0.2) is 5.15 Å². The minimum atomic E-state index is -4.96. The van der Waals surface area contributed by atoms with E-state index in [1.54, 1.807) is 0 Å². The summed E-state index contributed by atoms with van der Waals surface area (Å²) in [6.07, 6.45) is -4.78. The fourth-order valence-electron chi connectivity index (χ4n) is 3.07. The number of carbonyl (C=O) groups excluding carboxylic acids is 1. The van der Waals surface area contributed by atoms with E-state index >= 15 is 0 Å². The molecule has 1 fully saturated rings. The Morgan fingerprint density at radius 2 is 2.07 bits per heavy atom. The second kappa shape index (κ2) is 8.77. The highest BCUT2D eigenvalue weighted by Crippen LogP contribution is 2.30. The monoisotopic (exact) mass is 460 g/mol. The molecule has 7 nitrogen and oxygen atoms in total. The lowest BCUT2D eigenvalue weighted by Gasteiger charge is -2.15. The topological polar surface area (TPSA) is 121 Å². The van der Waals surface area contributed by atoms with Crippen LogP contribution < -0.4 is 11.1 Å². The zero-order valence-electron chi connectivity index (χ0n) is 15.2. The van der Waals surface area contributed by atoms with E-state index in [1.807, 2.05) is 0 Å².